The highest BCUT2D eigenvalue weighted by Gasteiger charge is 2.35. The Bertz CT molecular complexity index is 863. The summed E-state index contributed by atoms with van der Waals surface area (Å²) in [4.78, 5) is 33.9. The topological polar surface area (TPSA) is 94.9 Å². The van der Waals surface area contributed by atoms with Crippen LogP contribution in [0.5, 0.6) is 0 Å². The fourth-order valence-corrected chi connectivity index (χ4v) is 2.88. The lowest BCUT2D eigenvalue weighted by atomic mass is 10.1. The van der Waals surface area contributed by atoms with E-state index in [0.717, 1.165) is 12.5 Å². The molecule has 1 aliphatic rings. The van der Waals surface area contributed by atoms with Crippen molar-refractivity contribution in [3.8, 4) is 0 Å². The molecule has 0 radical (unpaired) electrons. The highest BCUT2D eigenvalue weighted by Crippen LogP contribution is 2.28. The van der Waals surface area contributed by atoms with Crippen LogP contribution < -0.4 is 5.32 Å². The van der Waals surface area contributed by atoms with Gasteiger partial charge in [-0.25, -0.2) is 0 Å². The molecule has 2 amide bonds. The summed E-state index contributed by atoms with van der Waals surface area (Å²) in [7, 11) is 0. The molecule has 2 N–H and O–H groups in total. The minimum Gasteiger partial charge on any atom is -0.516 e. The van der Waals surface area contributed by atoms with Crippen molar-refractivity contribution in [1.29, 1.82) is 0 Å². The number of nitrogens with zero attached hydrogens (tertiary/aromatic N) is 3. The molecule has 1 atom stereocenters. The van der Waals surface area contributed by atoms with E-state index in [9.17, 15) is 22.8 Å². The Morgan fingerprint density at radius 1 is 1.48 bits per heavy atom. The normalized spacial score (nSPS) is 16.0. The van der Waals surface area contributed by atoms with Gasteiger partial charge in [-0.3, -0.25) is 19.6 Å². The minimum absolute atomic E-state index is 0.0724. The summed E-state index contributed by atoms with van der Waals surface area (Å²) in [6, 6.07) is 0.840. The lowest BCUT2D eigenvalue weighted by molar-refractivity contribution is -0.118. The number of aliphatic hydroxyl groups excluding tert-OH is 1. The maximum absolute atomic E-state index is 12.8. The zero-order valence-corrected chi connectivity index (χ0v) is 15.9. The van der Waals surface area contributed by atoms with E-state index in [1.54, 1.807) is 13.8 Å². The van der Waals surface area contributed by atoms with Crippen LogP contribution in [0.25, 0.3) is 0 Å². The van der Waals surface area contributed by atoms with Crippen molar-refractivity contribution in [2.75, 3.05) is 13.1 Å². The summed E-state index contributed by atoms with van der Waals surface area (Å²) >= 11 is 0. The molecule has 156 valence electrons. The molecule has 1 aromatic rings. The summed E-state index contributed by atoms with van der Waals surface area (Å²) < 4.78 is 37.2. The van der Waals surface area contributed by atoms with Gasteiger partial charge >= 0.3 is 6.18 Å². The Kier molecular flexibility index (Phi) is 7.13. The van der Waals surface area contributed by atoms with Crippen LogP contribution in [0.4, 0.5) is 13.2 Å². The van der Waals surface area contributed by atoms with Gasteiger partial charge in [0.15, 0.2) is 0 Å². The largest absolute Gasteiger partial charge is 0.516 e. The summed E-state index contributed by atoms with van der Waals surface area (Å²) in [5, 5.41) is 11.5. The van der Waals surface area contributed by atoms with Gasteiger partial charge in [-0.2, -0.15) is 13.2 Å². The Hall–Kier alpha value is -3.17. The number of amides is 2. The summed E-state index contributed by atoms with van der Waals surface area (Å²) in [5.41, 5.74) is 1.20. The number of fused-ring (bicyclic) bond motifs is 1. The van der Waals surface area contributed by atoms with E-state index in [4.69, 9.17) is 5.11 Å². The number of aliphatic hydroxyl groups is 1. The fourth-order valence-electron chi connectivity index (χ4n) is 2.88. The van der Waals surface area contributed by atoms with Gasteiger partial charge in [0.05, 0.1) is 12.3 Å². The maximum Gasteiger partial charge on any atom is 0.407 e. The number of hydrogen-bond acceptors (Lipinski definition) is 5. The number of aliphatic imine (C=N–C) groups is 1. The molecule has 0 saturated heterocycles. The lowest BCUT2D eigenvalue weighted by Gasteiger charge is -2.25. The molecule has 2 rings (SSSR count). The van der Waals surface area contributed by atoms with Crippen LogP contribution in [0.15, 0.2) is 41.2 Å². The third-order valence-electron chi connectivity index (χ3n) is 4.26. The summed E-state index contributed by atoms with van der Waals surface area (Å²) in [6.45, 7) is 2.49. The first-order valence-electron chi connectivity index (χ1n) is 8.84. The van der Waals surface area contributed by atoms with E-state index < -0.39 is 24.7 Å². The molecule has 0 aliphatic carbocycles. The van der Waals surface area contributed by atoms with E-state index in [0.29, 0.717) is 17.7 Å². The molecule has 29 heavy (non-hydrogen) atoms. The molecule has 1 unspecified atom stereocenters. The molecule has 0 aromatic carbocycles. The second-order valence-corrected chi connectivity index (χ2v) is 6.25. The van der Waals surface area contributed by atoms with Gasteiger partial charge in [-0.05, 0) is 31.6 Å². The van der Waals surface area contributed by atoms with Crippen LogP contribution in [0.2, 0.25) is 0 Å². The first-order valence-corrected chi connectivity index (χ1v) is 8.84. The van der Waals surface area contributed by atoms with E-state index in [2.05, 4.69) is 15.3 Å². The molecule has 1 aliphatic heterocycles. The molecule has 7 nitrogen and oxygen atoms in total. The minimum atomic E-state index is -4.45. The van der Waals surface area contributed by atoms with Crippen molar-refractivity contribution in [1.82, 2.24) is 15.2 Å². The van der Waals surface area contributed by atoms with Crippen LogP contribution in [0.3, 0.4) is 0 Å². The monoisotopic (exact) mass is 410 g/mol. The van der Waals surface area contributed by atoms with Crippen molar-refractivity contribution in [3.63, 3.8) is 0 Å². The predicted octanol–water partition coefficient (Wildman–Crippen LogP) is 2.81. The van der Waals surface area contributed by atoms with E-state index in [-0.39, 0.29) is 23.7 Å². The standard InChI is InChI=1S/C19H21F3N4O3/c1-3-24-17(28)16-15-10-26(18(29)14(15)6-7-25-16)12(2)13(5-4-8-27)9-23-11-19(20,21)22/h4-9,12,27H,3,10-11H2,1-2H3,(H,24,28)/b8-4+,13-5+,23-9-. The van der Waals surface area contributed by atoms with Gasteiger partial charge in [0, 0.05) is 36.6 Å². The SMILES string of the molecule is CCNC(=O)c1nccc2c1CN(C(C)C(/C=N\CC(F)(F)F)=C/C=C/O)C2=O. The van der Waals surface area contributed by atoms with Crippen LogP contribution in [0.1, 0.15) is 40.3 Å². The Morgan fingerprint density at radius 2 is 2.21 bits per heavy atom. The smallest absolute Gasteiger partial charge is 0.407 e. The quantitative estimate of drug-likeness (QED) is 0.411. The molecule has 0 fully saturated rings. The molecule has 0 saturated carbocycles. The van der Waals surface area contributed by atoms with Crippen LogP contribution in [-0.2, 0) is 6.54 Å². The van der Waals surface area contributed by atoms with E-state index >= 15 is 0 Å². The van der Waals surface area contributed by atoms with Crippen molar-refractivity contribution >= 4 is 18.0 Å². The van der Waals surface area contributed by atoms with Crippen LogP contribution >= 0.6 is 0 Å². The third kappa shape index (κ3) is 5.43. The van der Waals surface area contributed by atoms with Crippen molar-refractivity contribution in [2.45, 2.75) is 32.6 Å². The number of carbonyl (C=O) groups excluding carboxylic acids is 2. The molecular formula is C19H21F3N4O3. The van der Waals surface area contributed by atoms with Gasteiger partial charge in [0.1, 0.15) is 12.2 Å². The number of hydrogen-bond donors (Lipinski definition) is 2. The second-order valence-electron chi connectivity index (χ2n) is 6.25. The number of aromatic nitrogens is 1. The molecule has 10 heteroatoms. The summed E-state index contributed by atoms with van der Waals surface area (Å²) in [6.07, 6.45) is 1.25. The van der Waals surface area contributed by atoms with Gasteiger partial charge in [-0.15, -0.1) is 0 Å². The number of rotatable bonds is 7. The van der Waals surface area contributed by atoms with Crippen LogP contribution in [0, 0.1) is 0 Å². The summed E-state index contributed by atoms with van der Waals surface area (Å²) in [5.74, 6) is -0.777. The van der Waals surface area contributed by atoms with Crippen molar-refractivity contribution in [2.24, 2.45) is 4.99 Å². The Labute approximate surface area is 165 Å². The highest BCUT2D eigenvalue weighted by atomic mass is 19.4. The van der Waals surface area contributed by atoms with Gasteiger partial charge in [0.2, 0.25) is 0 Å². The van der Waals surface area contributed by atoms with E-state index in [1.807, 2.05) is 0 Å². The predicted molar refractivity (Wildman–Crippen MR) is 101 cm³/mol. The maximum atomic E-state index is 12.8. The number of alkyl halides is 3. The molecule has 0 spiro atoms. The molecular weight excluding hydrogens is 389 g/mol. The first-order chi connectivity index (χ1) is 13.7. The van der Waals surface area contributed by atoms with Crippen molar-refractivity contribution in [3.05, 3.63) is 53.1 Å². The number of nitrogens with one attached hydrogen (secondary N) is 1. The fraction of sp³-hybridized carbons (Fsp3) is 0.368. The molecule has 2 heterocycles. The highest BCUT2D eigenvalue weighted by molar-refractivity contribution is 6.03. The third-order valence-corrected chi connectivity index (χ3v) is 4.26. The van der Waals surface area contributed by atoms with Crippen LogP contribution in [-0.4, -0.2) is 58.3 Å². The number of pyridine rings is 1. The number of carbonyl (C=O) groups is 2. The zero-order valence-electron chi connectivity index (χ0n) is 15.9. The Balaban J connectivity index is 2.31. The molecule has 1 aromatic heterocycles. The van der Waals surface area contributed by atoms with E-state index in [1.165, 1.54) is 29.3 Å². The molecule has 0 bridgehead atoms. The van der Waals surface area contributed by atoms with Crippen molar-refractivity contribution < 1.29 is 27.9 Å². The second kappa shape index (κ2) is 9.35. The van der Waals surface area contributed by atoms with Gasteiger partial charge in [-0.1, -0.05) is 6.08 Å². The number of allylic oxidation sites excluding steroid dienone is 2. The average molecular weight is 410 g/mol. The number of halogens is 3. The van der Waals surface area contributed by atoms with Gasteiger partial charge in [0.25, 0.3) is 11.8 Å². The Morgan fingerprint density at radius 3 is 2.83 bits per heavy atom. The first kappa shape index (κ1) is 22.1. The van der Waals surface area contributed by atoms with Gasteiger partial charge < -0.3 is 15.3 Å². The average Bonchev–Trinajstić information content (AvgIpc) is 3.00. The zero-order chi connectivity index (χ0) is 21.6. The lowest BCUT2D eigenvalue weighted by Crippen LogP contribution is -2.35.